The molecule has 2 rings (SSSR count). The first kappa shape index (κ1) is 14.2. The van der Waals surface area contributed by atoms with Gasteiger partial charge in [0.05, 0.1) is 6.42 Å². The molecule has 0 unspecified atom stereocenters. The minimum atomic E-state index is -0.870. The molecule has 108 valence electrons. The van der Waals surface area contributed by atoms with Crippen LogP contribution in [-0.4, -0.2) is 41.1 Å². The quantitative estimate of drug-likeness (QED) is 0.776. The molecule has 0 aromatic carbocycles. The third-order valence-electron chi connectivity index (χ3n) is 4.04. The number of hydrogen-bond acceptors (Lipinski definition) is 2. The number of carboxylic acid groups (broad SMARTS) is 1. The fourth-order valence-electron chi connectivity index (χ4n) is 2.81. The lowest BCUT2D eigenvalue weighted by molar-refractivity contribution is -0.136. The molecular weight excluding hydrogens is 244 g/mol. The zero-order valence-electron chi connectivity index (χ0n) is 11.4. The predicted octanol–water partition coefficient (Wildman–Crippen LogP) is 2.22. The second-order valence-electron chi connectivity index (χ2n) is 5.76. The molecule has 0 spiro atoms. The first-order valence-corrected chi connectivity index (χ1v) is 7.43. The SMILES string of the molecule is O=C(O)CCNC(=O)N(CC1CCCCC1)C1CC1. The molecule has 19 heavy (non-hydrogen) atoms. The van der Waals surface area contributed by atoms with Crippen LogP contribution in [0.4, 0.5) is 4.79 Å². The number of nitrogens with one attached hydrogen (secondary N) is 1. The van der Waals surface area contributed by atoms with E-state index in [1.165, 1.54) is 32.1 Å². The standard InChI is InChI=1S/C14H24N2O3/c17-13(18)8-9-15-14(19)16(12-6-7-12)10-11-4-2-1-3-5-11/h11-12H,1-10H2,(H,15,19)(H,17,18). The average Bonchev–Trinajstić information content (AvgIpc) is 3.21. The monoisotopic (exact) mass is 268 g/mol. The third-order valence-corrected chi connectivity index (χ3v) is 4.04. The molecule has 2 amide bonds. The molecule has 2 aliphatic rings. The van der Waals surface area contributed by atoms with Gasteiger partial charge in [0, 0.05) is 19.1 Å². The Morgan fingerprint density at radius 1 is 1.11 bits per heavy atom. The second kappa shape index (κ2) is 6.78. The van der Waals surface area contributed by atoms with Gasteiger partial charge in [0.1, 0.15) is 0 Å². The fraction of sp³-hybridized carbons (Fsp3) is 0.857. The lowest BCUT2D eigenvalue weighted by Gasteiger charge is -2.30. The van der Waals surface area contributed by atoms with Gasteiger partial charge in [0.15, 0.2) is 0 Å². The summed E-state index contributed by atoms with van der Waals surface area (Å²) in [4.78, 5) is 24.5. The van der Waals surface area contributed by atoms with Crippen LogP contribution in [0.1, 0.15) is 51.4 Å². The van der Waals surface area contributed by atoms with E-state index < -0.39 is 5.97 Å². The number of amides is 2. The largest absolute Gasteiger partial charge is 0.481 e. The Kier molecular flexibility index (Phi) is 5.05. The lowest BCUT2D eigenvalue weighted by atomic mass is 9.89. The normalized spacial score (nSPS) is 20.0. The molecule has 0 atom stereocenters. The molecule has 0 aromatic rings. The van der Waals surface area contributed by atoms with E-state index in [4.69, 9.17) is 5.11 Å². The first-order valence-electron chi connectivity index (χ1n) is 7.43. The van der Waals surface area contributed by atoms with Crippen molar-refractivity contribution in [3.63, 3.8) is 0 Å². The molecule has 2 saturated carbocycles. The minimum absolute atomic E-state index is 0.00627. The highest BCUT2D eigenvalue weighted by atomic mass is 16.4. The van der Waals surface area contributed by atoms with E-state index in [1.54, 1.807) is 0 Å². The van der Waals surface area contributed by atoms with Crippen LogP contribution in [-0.2, 0) is 4.79 Å². The smallest absolute Gasteiger partial charge is 0.317 e. The summed E-state index contributed by atoms with van der Waals surface area (Å²) in [7, 11) is 0. The van der Waals surface area contributed by atoms with Crippen LogP contribution < -0.4 is 5.32 Å². The molecule has 0 radical (unpaired) electrons. The van der Waals surface area contributed by atoms with E-state index in [2.05, 4.69) is 5.32 Å². The van der Waals surface area contributed by atoms with Crippen LogP contribution in [0.25, 0.3) is 0 Å². The number of aliphatic carboxylic acids is 1. The van der Waals surface area contributed by atoms with Gasteiger partial charge in [-0.2, -0.15) is 0 Å². The molecule has 0 aliphatic heterocycles. The van der Waals surface area contributed by atoms with Gasteiger partial charge in [-0.3, -0.25) is 4.79 Å². The Hall–Kier alpha value is -1.26. The van der Waals surface area contributed by atoms with Crippen molar-refractivity contribution in [3.8, 4) is 0 Å². The number of carboxylic acids is 1. The van der Waals surface area contributed by atoms with Crippen LogP contribution >= 0.6 is 0 Å². The van der Waals surface area contributed by atoms with Gasteiger partial charge >= 0.3 is 12.0 Å². The van der Waals surface area contributed by atoms with E-state index in [-0.39, 0.29) is 19.0 Å². The van der Waals surface area contributed by atoms with E-state index in [0.717, 1.165) is 19.4 Å². The summed E-state index contributed by atoms with van der Waals surface area (Å²) in [5.74, 6) is -0.231. The number of carbonyl (C=O) groups excluding carboxylic acids is 1. The van der Waals surface area contributed by atoms with Gasteiger partial charge in [-0.25, -0.2) is 4.79 Å². The van der Waals surface area contributed by atoms with Crippen molar-refractivity contribution in [1.29, 1.82) is 0 Å². The molecule has 2 N–H and O–H groups in total. The van der Waals surface area contributed by atoms with Crippen LogP contribution in [0.15, 0.2) is 0 Å². The van der Waals surface area contributed by atoms with E-state index in [9.17, 15) is 9.59 Å². The predicted molar refractivity (Wildman–Crippen MR) is 72.0 cm³/mol. The van der Waals surface area contributed by atoms with E-state index in [0.29, 0.717) is 12.0 Å². The van der Waals surface area contributed by atoms with Gasteiger partial charge < -0.3 is 15.3 Å². The Morgan fingerprint density at radius 2 is 1.79 bits per heavy atom. The minimum Gasteiger partial charge on any atom is -0.481 e. The molecule has 2 aliphatic carbocycles. The van der Waals surface area contributed by atoms with Gasteiger partial charge in [-0.15, -0.1) is 0 Å². The summed E-state index contributed by atoms with van der Waals surface area (Å²) in [5, 5.41) is 11.3. The highest BCUT2D eigenvalue weighted by Gasteiger charge is 2.34. The van der Waals surface area contributed by atoms with E-state index in [1.807, 2.05) is 4.90 Å². The van der Waals surface area contributed by atoms with Gasteiger partial charge in [-0.05, 0) is 31.6 Å². The maximum Gasteiger partial charge on any atom is 0.317 e. The van der Waals surface area contributed by atoms with Gasteiger partial charge in [0.25, 0.3) is 0 Å². The van der Waals surface area contributed by atoms with Crippen molar-refractivity contribution >= 4 is 12.0 Å². The van der Waals surface area contributed by atoms with E-state index >= 15 is 0 Å². The Labute approximate surface area is 114 Å². The maximum atomic E-state index is 12.1. The molecule has 0 bridgehead atoms. The summed E-state index contributed by atoms with van der Waals surface area (Å²) >= 11 is 0. The second-order valence-corrected chi connectivity index (χ2v) is 5.76. The van der Waals surface area contributed by atoms with Crippen molar-refractivity contribution in [1.82, 2.24) is 10.2 Å². The van der Waals surface area contributed by atoms with Crippen LogP contribution in [0, 0.1) is 5.92 Å². The van der Waals surface area contributed by atoms with Crippen molar-refractivity contribution in [2.45, 2.75) is 57.4 Å². The summed E-state index contributed by atoms with van der Waals surface area (Å²) in [6.07, 6.45) is 8.53. The molecule has 0 heterocycles. The zero-order chi connectivity index (χ0) is 13.7. The van der Waals surface area contributed by atoms with Crippen molar-refractivity contribution in [2.24, 2.45) is 5.92 Å². The van der Waals surface area contributed by atoms with Crippen LogP contribution in [0.2, 0.25) is 0 Å². The Morgan fingerprint density at radius 3 is 2.37 bits per heavy atom. The number of hydrogen-bond donors (Lipinski definition) is 2. The zero-order valence-corrected chi connectivity index (χ0v) is 11.4. The third kappa shape index (κ3) is 4.73. The van der Waals surface area contributed by atoms with Crippen LogP contribution in [0.3, 0.4) is 0 Å². The first-order chi connectivity index (χ1) is 9.16. The highest BCUT2D eigenvalue weighted by molar-refractivity contribution is 5.75. The summed E-state index contributed by atoms with van der Waals surface area (Å²) in [5.41, 5.74) is 0. The molecule has 0 aromatic heterocycles. The van der Waals surface area contributed by atoms with Gasteiger partial charge in [-0.1, -0.05) is 19.3 Å². The average molecular weight is 268 g/mol. The highest BCUT2D eigenvalue weighted by Crippen LogP contribution is 2.31. The van der Waals surface area contributed by atoms with Gasteiger partial charge in [0.2, 0.25) is 0 Å². The molecule has 5 nitrogen and oxygen atoms in total. The molecular formula is C14H24N2O3. The topological polar surface area (TPSA) is 69.6 Å². The maximum absolute atomic E-state index is 12.1. The summed E-state index contributed by atoms with van der Waals surface area (Å²) in [6.45, 7) is 1.08. The van der Waals surface area contributed by atoms with Crippen molar-refractivity contribution in [3.05, 3.63) is 0 Å². The number of carbonyl (C=O) groups is 2. The lowest BCUT2D eigenvalue weighted by Crippen LogP contribution is -2.44. The molecule has 2 fully saturated rings. The Balaban J connectivity index is 1.77. The molecule has 0 saturated heterocycles. The summed E-state index contributed by atoms with van der Waals surface area (Å²) in [6, 6.07) is 0.320. The number of rotatable bonds is 6. The van der Waals surface area contributed by atoms with Crippen LogP contribution in [0.5, 0.6) is 0 Å². The summed E-state index contributed by atoms with van der Waals surface area (Å²) < 4.78 is 0. The number of urea groups is 1. The Bertz CT molecular complexity index is 323. The fourth-order valence-corrected chi connectivity index (χ4v) is 2.81. The number of nitrogens with zero attached hydrogens (tertiary/aromatic N) is 1. The molecule has 5 heteroatoms. The van der Waals surface area contributed by atoms with Crippen molar-refractivity contribution < 1.29 is 14.7 Å². The van der Waals surface area contributed by atoms with Crippen molar-refractivity contribution in [2.75, 3.05) is 13.1 Å².